The summed E-state index contributed by atoms with van der Waals surface area (Å²) in [6.07, 6.45) is -6.21. The number of fused-ring (bicyclic) bond motifs is 1. The lowest BCUT2D eigenvalue weighted by Gasteiger charge is -2.41. The van der Waals surface area contributed by atoms with Gasteiger partial charge in [-0.3, -0.25) is 9.59 Å². The first-order valence-electron chi connectivity index (χ1n) is 13.7. The number of hydrogen-bond acceptors (Lipinski definition) is 3. The summed E-state index contributed by atoms with van der Waals surface area (Å²) in [5, 5.41) is 4.00. The first-order valence-corrected chi connectivity index (χ1v) is 13.7. The number of nitrogens with one attached hydrogen (secondary N) is 2. The zero-order valence-corrected chi connectivity index (χ0v) is 22.5. The predicted octanol–water partition coefficient (Wildman–Crippen LogP) is 6.57. The first kappa shape index (κ1) is 29.2. The molecule has 3 aromatic rings. The van der Waals surface area contributed by atoms with E-state index in [2.05, 4.69) is 10.3 Å². The smallest absolute Gasteiger partial charge is 0.334 e. The summed E-state index contributed by atoms with van der Waals surface area (Å²) < 4.78 is 81.8. The maximum Gasteiger partial charge on any atom is 0.416 e. The molecule has 0 atom stereocenters. The molecule has 11 heteroatoms. The zero-order valence-electron chi connectivity index (χ0n) is 22.5. The van der Waals surface area contributed by atoms with E-state index in [-0.39, 0.29) is 29.6 Å². The Morgan fingerprint density at radius 1 is 0.927 bits per heavy atom. The Labute approximate surface area is 232 Å². The van der Waals surface area contributed by atoms with Gasteiger partial charge in [0, 0.05) is 30.1 Å². The van der Waals surface area contributed by atoms with Crippen molar-refractivity contribution in [2.24, 2.45) is 11.3 Å². The minimum absolute atomic E-state index is 0.00280. The number of nitrogens with zero attached hydrogens (tertiary/aromatic N) is 1. The Morgan fingerprint density at radius 3 is 2.15 bits per heavy atom. The third-order valence-corrected chi connectivity index (χ3v) is 8.35. The van der Waals surface area contributed by atoms with Crippen LogP contribution in [0.5, 0.6) is 0 Å². The fraction of sp³-hybridized carbons (Fsp3) is 0.467. The monoisotopic (exact) mass is 579 g/mol. The van der Waals surface area contributed by atoms with Crippen LogP contribution in [0, 0.1) is 18.3 Å². The Kier molecular flexibility index (Phi) is 7.69. The molecule has 220 valence electrons. The van der Waals surface area contributed by atoms with Gasteiger partial charge < -0.3 is 15.2 Å². The highest BCUT2D eigenvalue weighted by Gasteiger charge is 2.46. The molecule has 1 amide bonds. The number of benzene rings is 2. The van der Waals surface area contributed by atoms with Crippen LogP contribution in [0.3, 0.4) is 0 Å². The van der Waals surface area contributed by atoms with Crippen molar-refractivity contribution in [3.8, 4) is 0 Å². The Hall–Kier alpha value is -3.34. The van der Waals surface area contributed by atoms with Gasteiger partial charge >= 0.3 is 12.4 Å². The van der Waals surface area contributed by atoms with Gasteiger partial charge in [0.25, 0.3) is 0 Å². The quantitative estimate of drug-likeness (QED) is 0.311. The summed E-state index contributed by atoms with van der Waals surface area (Å²) in [5.74, 6) is 0.140. The van der Waals surface area contributed by atoms with Crippen LogP contribution in [0.25, 0.3) is 10.9 Å². The van der Waals surface area contributed by atoms with E-state index in [1.54, 1.807) is 18.2 Å². The SMILES string of the molecule is Cc1c(CN(Cc2cc(C(F)(F)F)cc(C(F)(F)F)c2)C(=O)C2(CC3CC3)CCNCC2)ccc2[nH]c(=O)ccc12. The highest BCUT2D eigenvalue weighted by molar-refractivity contribution is 5.85. The molecule has 2 N–H and O–H groups in total. The number of halogens is 6. The Bertz CT molecular complexity index is 1470. The van der Waals surface area contributed by atoms with E-state index in [1.807, 2.05) is 6.92 Å². The molecule has 5 nitrogen and oxygen atoms in total. The van der Waals surface area contributed by atoms with Crippen molar-refractivity contribution in [3.63, 3.8) is 0 Å². The number of aromatic nitrogens is 1. The van der Waals surface area contributed by atoms with Gasteiger partial charge in [-0.15, -0.1) is 0 Å². The minimum atomic E-state index is -4.99. The molecule has 2 heterocycles. The minimum Gasteiger partial charge on any atom is -0.334 e. The topological polar surface area (TPSA) is 65.2 Å². The second-order valence-electron chi connectivity index (χ2n) is 11.4. The number of rotatable bonds is 7. The molecule has 41 heavy (non-hydrogen) atoms. The van der Waals surface area contributed by atoms with Crippen LogP contribution in [0.15, 0.2) is 47.3 Å². The number of carbonyl (C=O) groups is 1. The number of alkyl halides is 6. The number of pyridine rings is 1. The molecule has 1 aliphatic carbocycles. The van der Waals surface area contributed by atoms with E-state index >= 15 is 0 Å². The van der Waals surface area contributed by atoms with Crippen molar-refractivity contribution in [1.29, 1.82) is 0 Å². The molecular weight excluding hydrogens is 548 g/mol. The van der Waals surface area contributed by atoms with E-state index in [1.165, 1.54) is 11.0 Å². The lowest BCUT2D eigenvalue weighted by Crippen LogP contribution is -2.49. The third kappa shape index (κ3) is 6.45. The highest BCUT2D eigenvalue weighted by Crippen LogP contribution is 2.46. The van der Waals surface area contributed by atoms with E-state index in [0.29, 0.717) is 61.5 Å². The lowest BCUT2D eigenvalue weighted by atomic mass is 9.73. The molecule has 2 fully saturated rings. The first-order chi connectivity index (χ1) is 19.2. The van der Waals surface area contributed by atoms with Crippen LogP contribution in [-0.2, 0) is 30.2 Å². The van der Waals surface area contributed by atoms with Crippen LogP contribution in [0.1, 0.15) is 59.9 Å². The third-order valence-electron chi connectivity index (χ3n) is 8.35. The number of aryl methyl sites for hydroxylation is 1. The van der Waals surface area contributed by atoms with Gasteiger partial charge in [0.1, 0.15) is 0 Å². The van der Waals surface area contributed by atoms with Crippen molar-refractivity contribution < 1.29 is 31.1 Å². The van der Waals surface area contributed by atoms with Crippen molar-refractivity contribution in [1.82, 2.24) is 15.2 Å². The molecule has 1 aromatic heterocycles. The number of aromatic amines is 1. The summed E-state index contributed by atoms with van der Waals surface area (Å²) in [7, 11) is 0. The van der Waals surface area contributed by atoms with Gasteiger partial charge in [0.05, 0.1) is 16.5 Å². The highest BCUT2D eigenvalue weighted by atomic mass is 19.4. The van der Waals surface area contributed by atoms with E-state index in [4.69, 9.17) is 0 Å². The molecule has 5 rings (SSSR count). The molecule has 2 aliphatic rings. The average Bonchev–Trinajstić information content (AvgIpc) is 3.72. The summed E-state index contributed by atoms with van der Waals surface area (Å²) >= 11 is 0. The van der Waals surface area contributed by atoms with Crippen molar-refractivity contribution in [3.05, 3.63) is 80.6 Å². The van der Waals surface area contributed by atoms with Gasteiger partial charge in [-0.1, -0.05) is 18.9 Å². The van der Waals surface area contributed by atoms with Gasteiger partial charge in [-0.05, 0) is 92.2 Å². The molecular formula is C30H31F6N3O2. The summed E-state index contributed by atoms with van der Waals surface area (Å²) in [4.78, 5) is 30.3. The lowest BCUT2D eigenvalue weighted by molar-refractivity contribution is -0.146. The molecule has 0 spiro atoms. The second-order valence-corrected chi connectivity index (χ2v) is 11.4. The van der Waals surface area contributed by atoms with Crippen LogP contribution in [0.2, 0.25) is 0 Å². The van der Waals surface area contributed by atoms with Gasteiger partial charge in [-0.25, -0.2) is 0 Å². The Morgan fingerprint density at radius 2 is 1.56 bits per heavy atom. The number of hydrogen-bond donors (Lipinski definition) is 2. The van der Waals surface area contributed by atoms with Crippen LogP contribution < -0.4 is 10.9 Å². The second kappa shape index (κ2) is 10.8. The molecule has 1 saturated carbocycles. The zero-order chi connectivity index (χ0) is 29.6. The molecule has 0 unspecified atom stereocenters. The molecule has 1 aliphatic heterocycles. The van der Waals surface area contributed by atoms with Crippen molar-refractivity contribution in [2.45, 2.75) is 64.5 Å². The summed E-state index contributed by atoms with van der Waals surface area (Å²) in [6, 6.07) is 7.96. The van der Waals surface area contributed by atoms with Crippen molar-refractivity contribution >= 4 is 16.8 Å². The summed E-state index contributed by atoms with van der Waals surface area (Å²) in [6.45, 7) is 2.62. The van der Waals surface area contributed by atoms with E-state index in [9.17, 15) is 35.9 Å². The van der Waals surface area contributed by atoms with Gasteiger partial charge in [0.15, 0.2) is 0 Å². The fourth-order valence-electron chi connectivity index (χ4n) is 5.96. The largest absolute Gasteiger partial charge is 0.416 e. The van der Waals surface area contributed by atoms with Gasteiger partial charge in [-0.2, -0.15) is 26.3 Å². The maximum absolute atomic E-state index is 14.4. The van der Waals surface area contributed by atoms with Crippen LogP contribution >= 0.6 is 0 Å². The molecule has 0 radical (unpaired) electrons. The number of piperidine rings is 1. The Balaban J connectivity index is 1.58. The standard InChI is InChI=1S/C30H31F6N3O2/c1-18-21(4-6-25-24(18)5-7-26(40)38-25)17-39(27(41)28(15-19-2-3-19)8-10-37-11-9-28)16-20-12-22(29(31,32)33)14-23(13-20)30(34,35)36/h4-7,12-14,19,37H,2-3,8-11,15-17H2,1H3,(H,38,40). The number of amides is 1. The molecule has 0 bridgehead atoms. The molecule has 2 aromatic carbocycles. The summed E-state index contributed by atoms with van der Waals surface area (Å²) in [5.41, 5.74) is -2.03. The van der Waals surface area contributed by atoms with E-state index in [0.717, 1.165) is 23.8 Å². The maximum atomic E-state index is 14.4. The average molecular weight is 580 g/mol. The number of H-pyrrole nitrogens is 1. The normalized spacial score (nSPS) is 17.5. The number of carbonyl (C=O) groups excluding carboxylic acids is 1. The van der Waals surface area contributed by atoms with Crippen LogP contribution in [-0.4, -0.2) is 28.9 Å². The van der Waals surface area contributed by atoms with E-state index < -0.39 is 35.4 Å². The van der Waals surface area contributed by atoms with Gasteiger partial charge in [0.2, 0.25) is 11.5 Å². The van der Waals surface area contributed by atoms with Crippen LogP contribution in [0.4, 0.5) is 26.3 Å². The predicted molar refractivity (Wildman–Crippen MR) is 142 cm³/mol. The fourth-order valence-corrected chi connectivity index (χ4v) is 5.96. The molecule has 1 saturated heterocycles. The van der Waals surface area contributed by atoms with Crippen molar-refractivity contribution in [2.75, 3.05) is 13.1 Å².